The molecule has 0 atom stereocenters. The molecule has 2 aromatic rings. The van der Waals surface area contributed by atoms with Crippen LogP contribution in [0.15, 0.2) is 53.6 Å². The normalized spacial score (nSPS) is 11.2. The van der Waals surface area contributed by atoms with Gasteiger partial charge in [-0.25, -0.2) is 5.43 Å². The Kier molecular flexibility index (Phi) is 4.94. The van der Waals surface area contributed by atoms with Crippen molar-refractivity contribution in [2.75, 3.05) is 19.0 Å². The van der Waals surface area contributed by atoms with Gasteiger partial charge in [-0.3, -0.25) is 4.79 Å². The number of nitrogens with zero attached hydrogens (tertiary/aromatic N) is 2. The second-order valence-electron chi connectivity index (χ2n) is 5.39. The summed E-state index contributed by atoms with van der Waals surface area (Å²) in [5.41, 5.74) is 7.07. The van der Waals surface area contributed by atoms with Crippen molar-refractivity contribution in [1.82, 2.24) is 5.43 Å². The third-order valence-electron chi connectivity index (χ3n) is 3.52. The highest BCUT2D eigenvalue weighted by Crippen LogP contribution is 2.13. The van der Waals surface area contributed by atoms with Gasteiger partial charge in [0, 0.05) is 25.3 Å². The van der Waals surface area contributed by atoms with Crippen LogP contribution in [0.1, 0.15) is 28.4 Å². The fourth-order valence-corrected chi connectivity index (χ4v) is 2.09. The van der Waals surface area contributed by atoms with E-state index < -0.39 is 0 Å². The fraction of sp³-hybridized carbons (Fsp3) is 0.222. The molecule has 0 fully saturated rings. The zero-order valence-corrected chi connectivity index (χ0v) is 13.4. The van der Waals surface area contributed by atoms with Crippen LogP contribution in [0, 0.1) is 6.92 Å². The SMILES string of the molecule is C/C(=N/NC(=O)c1ccccc1C)c1ccc(N(C)C)cc1. The van der Waals surface area contributed by atoms with Crippen LogP contribution in [0.4, 0.5) is 5.69 Å². The molecule has 2 aromatic carbocycles. The highest BCUT2D eigenvalue weighted by Gasteiger charge is 2.07. The van der Waals surface area contributed by atoms with Crippen molar-refractivity contribution in [3.05, 3.63) is 65.2 Å². The molecular formula is C18H21N3O. The van der Waals surface area contributed by atoms with Crippen LogP contribution in [0.2, 0.25) is 0 Å². The zero-order chi connectivity index (χ0) is 16.1. The molecule has 0 heterocycles. The summed E-state index contributed by atoms with van der Waals surface area (Å²) in [5, 5.41) is 4.19. The molecule has 2 rings (SSSR count). The second-order valence-corrected chi connectivity index (χ2v) is 5.39. The lowest BCUT2D eigenvalue weighted by molar-refractivity contribution is 0.0954. The molecule has 4 nitrogen and oxygen atoms in total. The Labute approximate surface area is 131 Å². The van der Waals surface area contributed by atoms with Crippen LogP contribution >= 0.6 is 0 Å². The largest absolute Gasteiger partial charge is 0.378 e. The molecule has 0 unspecified atom stereocenters. The summed E-state index contributed by atoms with van der Waals surface area (Å²) in [4.78, 5) is 14.2. The Morgan fingerprint density at radius 2 is 1.68 bits per heavy atom. The van der Waals surface area contributed by atoms with Crippen LogP contribution in [0.3, 0.4) is 0 Å². The van der Waals surface area contributed by atoms with E-state index in [0.29, 0.717) is 5.56 Å². The van der Waals surface area contributed by atoms with Crippen LogP contribution in [0.25, 0.3) is 0 Å². The number of hydrogen-bond acceptors (Lipinski definition) is 3. The maximum absolute atomic E-state index is 12.1. The first kappa shape index (κ1) is 15.8. The Hall–Kier alpha value is -2.62. The maximum atomic E-state index is 12.1. The van der Waals surface area contributed by atoms with E-state index in [1.165, 1.54) is 0 Å². The number of aryl methyl sites for hydroxylation is 1. The summed E-state index contributed by atoms with van der Waals surface area (Å²) in [5.74, 6) is -0.192. The predicted molar refractivity (Wildman–Crippen MR) is 91.6 cm³/mol. The number of hydrazone groups is 1. The second kappa shape index (κ2) is 6.89. The number of hydrogen-bond donors (Lipinski definition) is 1. The average Bonchev–Trinajstić information content (AvgIpc) is 2.52. The highest BCUT2D eigenvalue weighted by atomic mass is 16.2. The molecule has 0 spiro atoms. The summed E-state index contributed by atoms with van der Waals surface area (Å²) in [6.45, 7) is 3.79. The lowest BCUT2D eigenvalue weighted by atomic mass is 10.1. The van der Waals surface area contributed by atoms with Gasteiger partial charge < -0.3 is 4.90 Å². The third-order valence-corrected chi connectivity index (χ3v) is 3.52. The van der Waals surface area contributed by atoms with Gasteiger partial charge in [0.1, 0.15) is 0 Å². The van der Waals surface area contributed by atoms with Crippen LogP contribution in [-0.4, -0.2) is 25.7 Å². The number of carbonyl (C=O) groups is 1. The first-order chi connectivity index (χ1) is 10.5. The molecule has 0 aliphatic heterocycles. The first-order valence-corrected chi connectivity index (χ1v) is 7.17. The number of nitrogens with one attached hydrogen (secondary N) is 1. The minimum atomic E-state index is -0.192. The Morgan fingerprint density at radius 3 is 2.27 bits per heavy atom. The van der Waals surface area contributed by atoms with Gasteiger partial charge in [-0.2, -0.15) is 5.10 Å². The van der Waals surface area contributed by atoms with E-state index in [0.717, 1.165) is 22.5 Å². The van der Waals surface area contributed by atoms with Gasteiger partial charge in [0.2, 0.25) is 0 Å². The van der Waals surface area contributed by atoms with Crippen LogP contribution < -0.4 is 10.3 Å². The van der Waals surface area contributed by atoms with E-state index in [-0.39, 0.29) is 5.91 Å². The van der Waals surface area contributed by atoms with Crippen molar-refractivity contribution in [2.45, 2.75) is 13.8 Å². The number of carbonyl (C=O) groups excluding carboxylic acids is 1. The summed E-state index contributed by atoms with van der Waals surface area (Å²) in [6.07, 6.45) is 0. The average molecular weight is 295 g/mol. The molecule has 1 N–H and O–H groups in total. The molecule has 114 valence electrons. The van der Waals surface area contributed by atoms with E-state index in [4.69, 9.17) is 0 Å². The molecule has 0 aliphatic carbocycles. The van der Waals surface area contributed by atoms with E-state index in [1.54, 1.807) is 6.07 Å². The van der Waals surface area contributed by atoms with E-state index in [2.05, 4.69) is 10.5 Å². The fourth-order valence-electron chi connectivity index (χ4n) is 2.09. The van der Waals surface area contributed by atoms with E-state index >= 15 is 0 Å². The lowest BCUT2D eigenvalue weighted by Crippen LogP contribution is -2.20. The molecule has 0 saturated carbocycles. The van der Waals surface area contributed by atoms with Crippen molar-refractivity contribution >= 4 is 17.3 Å². The minimum Gasteiger partial charge on any atom is -0.378 e. The van der Waals surface area contributed by atoms with Crippen molar-refractivity contribution < 1.29 is 4.79 Å². The molecule has 1 amide bonds. The molecule has 0 aliphatic rings. The summed E-state index contributed by atoms with van der Waals surface area (Å²) < 4.78 is 0. The zero-order valence-electron chi connectivity index (χ0n) is 13.4. The van der Waals surface area contributed by atoms with Gasteiger partial charge in [-0.05, 0) is 43.2 Å². The third kappa shape index (κ3) is 3.73. The van der Waals surface area contributed by atoms with E-state index in [1.807, 2.05) is 75.3 Å². The van der Waals surface area contributed by atoms with Gasteiger partial charge in [0.25, 0.3) is 5.91 Å². The molecule has 0 bridgehead atoms. The summed E-state index contributed by atoms with van der Waals surface area (Å²) >= 11 is 0. The Balaban J connectivity index is 2.09. The smallest absolute Gasteiger partial charge is 0.271 e. The topological polar surface area (TPSA) is 44.7 Å². The predicted octanol–water partition coefficient (Wildman–Crippen LogP) is 3.22. The lowest BCUT2D eigenvalue weighted by Gasteiger charge is -2.12. The molecule has 22 heavy (non-hydrogen) atoms. The van der Waals surface area contributed by atoms with Crippen molar-refractivity contribution in [3.8, 4) is 0 Å². The highest BCUT2D eigenvalue weighted by molar-refractivity contribution is 6.01. The maximum Gasteiger partial charge on any atom is 0.271 e. The quantitative estimate of drug-likeness (QED) is 0.695. The molecular weight excluding hydrogens is 274 g/mol. The van der Waals surface area contributed by atoms with Crippen molar-refractivity contribution in [2.24, 2.45) is 5.10 Å². The van der Waals surface area contributed by atoms with Crippen molar-refractivity contribution in [1.29, 1.82) is 0 Å². The summed E-state index contributed by atoms with van der Waals surface area (Å²) in [6, 6.07) is 15.5. The number of rotatable bonds is 4. The molecule has 4 heteroatoms. The molecule has 0 aromatic heterocycles. The van der Waals surface area contributed by atoms with E-state index in [9.17, 15) is 4.79 Å². The van der Waals surface area contributed by atoms with Gasteiger partial charge in [0.05, 0.1) is 5.71 Å². The number of benzene rings is 2. The summed E-state index contributed by atoms with van der Waals surface area (Å²) in [7, 11) is 4.00. The van der Waals surface area contributed by atoms with Gasteiger partial charge in [-0.15, -0.1) is 0 Å². The monoisotopic (exact) mass is 295 g/mol. The van der Waals surface area contributed by atoms with Gasteiger partial charge >= 0.3 is 0 Å². The number of anilines is 1. The number of amides is 1. The minimum absolute atomic E-state index is 0.192. The Morgan fingerprint density at radius 1 is 1.05 bits per heavy atom. The molecule has 0 saturated heterocycles. The first-order valence-electron chi connectivity index (χ1n) is 7.17. The van der Waals surface area contributed by atoms with Gasteiger partial charge in [0.15, 0.2) is 0 Å². The standard InChI is InChI=1S/C18H21N3O/c1-13-7-5-6-8-17(13)18(22)20-19-14(2)15-9-11-16(12-10-15)21(3)4/h5-12H,1-4H3,(H,20,22)/b19-14-. The van der Waals surface area contributed by atoms with Crippen LogP contribution in [0.5, 0.6) is 0 Å². The van der Waals surface area contributed by atoms with Crippen LogP contribution in [-0.2, 0) is 0 Å². The van der Waals surface area contributed by atoms with Gasteiger partial charge in [-0.1, -0.05) is 30.3 Å². The Bertz CT molecular complexity index is 688. The molecule has 0 radical (unpaired) electrons. The van der Waals surface area contributed by atoms with Crippen molar-refractivity contribution in [3.63, 3.8) is 0 Å².